The molecule has 1 aromatic heterocycles. The minimum absolute atomic E-state index is 0.326. The maximum Gasteiger partial charge on any atom is 0.252 e. The van der Waals surface area contributed by atoms with Gasteiger partial charge in [0.25, 0.3) is 5.91 Å². The zero-order valence-corrected chi connectivity index (χ0v) is 18.7. The molecule has 0 saturated carbocycles. The second kappa shape index (κ2) is 10.5. The molecule has 1 unspecified atom stereocenters. The molecule has 0 spiro atoms. The number of anilines is 1. The summed E-state index contributed by atoms with van der Waals surface area (Å²) < 4.78 is 5.20. The van der Waals surface area contributed by atoms with Crippen LogP contribution in [0.2, 0.25) is 0 Å². The zero-order valence-electron chi connectivity index (χ0n) is 17.9. The Labute approximate surface area is 195 Å². The highest BCUT2D eigenvalue weighted by molar-refractivity contribution is 7.18. The van der Waals surface area contributed by atoms with Gasteiger partial charge in [-0.05, 0) is 23.8 Å². The van der Waals surface area contributed by atoms with Gasteiger partial charge in [-0.25, -0.2) is 0 Å². The van der Waals surface area contributed by atoms with Gasteiger partial charge in [0.1, 0.15) is 16.8 Å². The fourth-order valence-corrected chi connectivity index (χ4v) is 3.98. The number of hydrogen-bond donors (Lipinski definition) is 2. The summed E-state index contributed by atoms with van der Waals surface area (Å²) in [4.78, 5) is 26.0. The lowest BCUT2D eigenvalue weighted by Gasteiger charge is -2.18. The van der Waals surface area contributed by atoms with Gasteiger partial charge in [0.05, 0.1) is 7.11 Å². The molecule has 1 heterocycles. The lowest BCUT2D eigenvalue weighted by atomic mass is 10.0. The van der Waals surface area contributed by atoms with Crippen LogP contribution < -0.4 is 15.4 Å². The van der Waals surface area contributed by atoms with Crippen LogP contribution in [0.25, 0.3) is 10.6 Å². The third kappa shape index (κ3) is 5.81. The number of hydrogen-bond acceptors (Lipinski definition) is 6. The Balaban J connectivity index is 1.52. The second-order valence-electron chi connectivity index (χ2n) is 7.22. The van der Waals surface area contributed by atoms with Crippen molar-refractivity contribution in [3.05, 3.63) is 96.1 Å². The van der Waals surface area contributed by atoms with E-state index in [1.165, 1.54) is 18.4 Å². The summed E-state index contributed by atoms with van der Waals surface area (Å²) in [5.41, 5.74) is 2.25. The molecule has 0 fully saturated rings. The first-order valence-corrected chi connectivity index (χ1v) is 11.1. The Morgan fingerprint density at radius 1 is 0.939 bits per heavy atom. The molecule has 2 N–H and O–H groups in total. The molecule has 4 rings (SSSR count). The van der Waals surface area contributed by atoms with Gasteiger partial charge in [-0.2, -0.15) is 0 Å². The molecular formula is C25H22N4O3S. The van der Waals surface area contributed by atoms with Crippen molar-refractivity contribution in [2.45, 2.75) is 12.5 Å². The largest absolute Gasteiger partial charge is 0.497 e. The highest BCUT2D eigenvalue weighted by atomic mass is 32.1. The van der Waals surface area contributed by atoms with E-state index in [4.69, 9.17) is 4.74 Å². The number of aromatic nitrogens is 2. The first-order valence-electron chi connectivity index (χ1n) is 10.3. The van der Waals surface area contributed by atoms with Gasteiger partial charge < -0.3 is 10.1 Å². The number of nitrogens with one attached hydrogen (secondary N) is 2. The molecule has 2 amide bonds. The minimum atomic E-state index is -0.810. The van der Waals surface area contributed by atoms with E-state index >= 15 is 0 Å². The monoisotopic (exact) mass is 458 g/mol. The molecule has 166 valence electrons. The molecule has 0 aliphatic heterocycles. The van der Waals surface area contributed by atoms with E-state index in [1.807, 2.05) is 60.7 Å². The van der Waals surface area contributed by atoms with Crippen molar-refractivity contribution < 1.29 is 14.3 Å². The maximum absolute atomic E-state index is 13.1. The summed E-state index contributed by atoms with van der Waals surface area (Å²) in [6.45, 7) is 0. The zero-order chi connectivity index (χ0) is 23.0. The molecule has 0 saturated heterocycles. The van der Waals surface area contributed by atoms with Gasteiger partial charge in [0.15, 0.2) is 0 Å². The van der Waals surface area contributed by atoms with Crippen molar-refractivity contribution in [1.29, 1.82) is 0 Å². The standard InChI is InChI=1S/C25H22N4O3S/c1-32-20-14-8-13-19(16-20)22(30)26-21(15-17-9-4-2-5-10-17)23(31)27-25-29-28-24(33-25)18-11-6-3-7-12-18/h2-14,16,21H,15H2,1H3,(H,26,30)(H,27,29,31). The molecule has 4 aromatic rings. The van der Waals surface area contributed by atoms with Crippen LogP contribution in [0.5, 0.6) is 5.75 Å². The van der Waals surface area contributed by atoms with Gasteiger partial charge >= 0.3 is 0 Å². The number of ether oxygens (including phenoxy) is 1. The van der Waals surface area contributed by atoms with Crippen molar-refractivity contribution in [1.82, 2.24) is 15.5 Å². The molecule has 0 aliphatic rings. The lowest BCUT2D eigenvalue weighted by molar-refractivity contribution is -0.118. The van der Waals surface area contributed by atoms with Crippen molar-refractivity contribution in [3.63, 3.8) is 0 Å². The van der Waals surface area contributed by atoms with Gasteiger partial charge in [0, 0.05) is 17.5 Å². The van der Waals surface area contributed by atoms with Crippen LogP contribution in [0.15, 0.2) is 84.9 Å². The van der Waals surface area contributed by atoms with E-state index in [0.717, 1.165) is 11.1 Å². The van der Waals surface area contributed by atoms with Crippen LogP contribution in [-0.4, -0.2) is 35.2 Å². The topological polar surface area (TPSA) is 93.2 Å². The molecular weight excluding hydrogens is 436 g/mol. The molecule has 0 radical (unpaired) electrons. The van der Waals surface area contributed by atoms with E-state index in [0.29, 0.717) is 27.9 Å². The molecule has 1 atom stereocenters. The summed E-state index contributed by atoms with van der Waals surface area (Å²) >= 11 is 1.27. The quantitative estimate of drug-likeness (QED) is 0.413. The van der Waals surface area contributed by atoms with Crippen LogP contribution in [-0.2, 0) is 11.2 Å². The third-order valence-electron chi connectivity index (χ3n) is 4.91. The minimum Gasteiger partial charge on any atom is -0.497 e. The molecule has 7 nitrogen and oxygen atoms in total. The summed E-state index contributed by atoms with van der Waals surface area (Å²) in [5, 5.41) is 15.0. The summed E-state index contributed by atoms with van der Waals surface area (Å²) in [7, 11) is 1.54. The van der Waals surface area contributed by atoms with E-state index in [2.05, 4.69) is 20.8 Å². The van der Waals surface area contributed by atoms with Gasteiger partial charge in [0.2, 0.25) is 11.0 Å². The average molecular weight is 459 g/mol. The summed E-state index contributed by atoms with van der Waals surface area (Å²) in [6, 6.07) is 25.1. The third-order valence-corrected chi connectivity index (χ3v) is 5.80. The van der Waals surface area contributed by atoms with Crippen molar-refractivity contribution in [3.8, 4) is 16.3 Å². The number of amides is 2. The summed E-state index contributed by atoms with van der Waals surface area (Å²) in [5.74, 6) is -0.174. The highest BCUT2D eigenvalue weighted by Gasteiger charge is 2.23. The Hall–Kier alpha value is -4.04. The van der Waals surface area contributed by atoms with Crippen LogP contribution in [0, 0.1) is 0 Å². The van der Waals surface area contributed by atoms with Gasteiger partial charge in [-0.1, -0.05) is 78.1 Å². The number of nitrogens with zero attached hydrogens (tertiary/aromatic N) is 2. The lowest BCUT2D eigenvalue weighted by Crippen LogP contribution is -2.45. The normalized spacial score (nSPS) is 11.4. The Morgan fingerprint density at radius 3 is 2.39 bits per heavy atom. The maximum atomic E-state index is 13.1. The predicted octanol–water partition coefficient (Wildman–Crippen LogP) is 4.19. The van der Waals surface area contributed by atoms with Crippen LogP contribution in [0.1, 0.15) is 15.9 Å². The van der Waals surface area contributed by atoms with Crippen molar-refractivity contribution in [2.75, 3.05) is 12.4 Å². The first-order chi connectivity index (χ1) is 16.1. The summed E-state index contributed by atoms with van der Waals surface area (Å²) in [6.07, 6.45) is 0.326. The Bertz CT molecular complexity index is 1230. The smallest absolute Gasteiger partial charge is 0.252 e. The van der Waals surface area contributed by atoms with E-state index in [9.17, 15) is 9.59 Å². The number of benzene rings is 3. The molecule has 8 heteroatoms. The second-order valence-corrected chi connectivity index (χ2v) is 8.19. The SMILES string of the molecule is COc1cccc(C(=O)NC(Cc2ccccc2)C(=O)Nc2nnc(-c3ccccc3)s2)c1. The van der Waals surface area contributed by atoms with Gasteiger partial charge in [-0.15, -0.1) is 10.2 Å². The fourth-order valence-electron chi connectivity index (χ4n) is 3.23. The average Bonchev–Trinajstić information content (AvgIpc) is 3.33. The molecule has 0 bridgehead atoms. The fraction of sp³-hybridized carbons (Fsp3) is 0.120. The molecule has 0 aliphatic carbocycles. The van der Waals surface area contributed by atoms with Crippen LogP contribution >= 0.6 is 11.3 Å². The van der Waals surface area contributed by atoms with Crippen LogP contribution in [0.3, 0.4) is 0 Å². The van der Waals surface area contributed by atoms with Gasteiger partial charge in [-0.3, -0.25) is 14.9 Å². The predicted molar refractivity (Wildman–Crippen MR) is 128 cm³/mol. The number of carbonyl (C=O) groups excluding carboxylic acids is 2. The van der Waals surface area contributed by atoms with Crippen molar-refractivity contribution >= 4 is 28.3 Å². The Morgan fingerprint density at radius 2 is 1.67 bits per heavy atom. The number of carbonyl (C=O) groups is 2. The van der Waals surface area contributed by atoms with Crippen molar-refractivity contribution in [2.24, 2.45) is 0 Å². The van der Waals surface area contributed by atoms with E-state index in [1.54, 1.807) is 24.3 Å². The van der Waals surface area contributed by atoms with E-state index in [-0.39, 0.29) is 11.8 Å². The number of methoxy groups -OCH3 is 1. The molecule has 33 heavy (non-hydrogen) atoms. The molecule has 3 aromatic carbocycles. The Kier molecular flexibility index (Phi) is 7.06. The highest BCUT2D eigenvalue weighted by Crippen LogP contribution is 2.26. The first kappa shape index (κ1) is 22.2. The number of rotatable bonds is 8. The van der Waals surface area contributed by atoms with Crippen LogP contribution in [0.4, 0.5) is 5.13 Å². The van der Waals surface area contributed by atoms with E-state index < -0.39 is 6.04 Å².